The fourth-order valence-electron chi connectivity index (χ4n) is 2.09. The van der Waals surface area contributed by atoms with Crippen molar-refractivity contribution < 1.29 is 14.6 Å². The lowest BCUT2D eigenvalue weighted by atomic mass is 9.90. The van der Waals surface area contributed by atoms with Gasteiger partial charge in [0.25, 0.3) is 0 Å². The zero-order chi connectivity index (χ0) is 11.4. The Morgan fingerprint density at radius 3 is 2.94 bits per heavy atom. The Morgan fingerprint density at radius 2 is 2.25 bits per heavy atom. The van der Waals surface area contributed by atoms with Crippen LogP contribution in [0.1, 0.15) is 42.5 Å². The van der Waals surface area contributed by atoms with Gasteiger partial charge in [-0.1, -0.05) is 19.3 Å². The maximum Gasteiger partial charge on any atom is 0.342 e. The Labute approximate surface area is 93.8 Å². The molecule has 0 aromatic carbocycles. The van der Waals surface area contributed by atoms with E-state index in [1.165, 1.54) is 38.3 Å². The van der Waals surface area contributed by atoms with Crippen LogP contribution in [0.3, 0.4) is 0 Å². The molecular formula is C11H16N2O3. The van der Waals surface area contributed by atoms with E-state index in [1.807, 2.05) is 0 Å². The van der Waals surface area contributed by atoms with E-state index in [0.717, 1.165) is 0 Å². The molecule has 0 radical (unpaired) electrons. The molecule has 2 rings (SSSR count). The highest BCUT2D eigenvalue weighted by atomic mass is 16.5. The minimum absolute atomic E-state index is 0.107. The molecule has 5 nitrogen and oxygen atoms in total. The smallest absolute Gasteiger partial charge is 0.342 e. The van der Waals surface area contributed by atoms with Crippen LogP contribution in [0.25, 0.3) is 0 Å². The second kappa shape index (κ2) is 5.01. The number of aromatic carboxylic acids is 1. The van der Waals surface area contributed by atoms with Crippen LogP contribution in [0.15, 0.2) is 6.20 Å². The number of rotatable bonds is 4. The largest absolute Gasteiger partial charge is 0.477 e. The molecule has 1 heterocycles. The predicted molar refractivity (Wildman–Crippen MR) is 57.6 cm³/mol. The third-order valence-electron chi connectivity index (χ3n) is 3.02. The summed E-state index contributed by atoms with van der Waals surface area (Å²) in [5, 5.41) is 15.1. The summed E-state index contributed by atoms with van der Waals surface area (Å²) in [6.07, 6.45) is 7.44. The fourth-order valence-corrected chi connectivity index (χ4v) is 2.09. The number of H-pyrrole nitrogens is 1. The number of carboxylic acids is 1. The molecule has 0 unspecified atom stereocenters. The van der Waals surface area contributed by atoms with Gasteiger partial charge in [-0.25, -0.2) is 9.89 Å². The predicted octanol–water partition coefficient (Wildman–Crippen LogP) is 2.07. The Balaban J connectivity index is 1.88. The number of ether oxygens (including phenoxy) is 1. The summed E-state index contributed by atoms with van der Waals surface area (Å²) in [5.41, 5.74) is 0.107. The second-order valence-electron chi connectivity index (χ2n) is 4.23. The summed E-state index contributed by atoms with van der Waals surface area (Å²) in [5.74, 6) is -0.177. The molecule has 5 heteroatoms. The standard InChI is InChI=1S/C11H16N2O3/c14-11(15)9-6-12-13-10(9)16-7-8-4-2-1-3-5-8/h6,8H,1-5,7H2,(H,12,13)(H,14,15). The lowest BCUT2D eigenvalue weighted by molar-refractivity contribution is 0.0690. The highest BCUT2D eigenvalue weighted by molar-refractivity contribution is 5.89. The van der Waals surface area contributed by atoms with Crippen LogP contribution in [-0.4, -0.2) is 27.9 Å². The average Bonchev–Trinajstić information content (AvgIpc) is 2.76. The van der Waals surface area contributed by atoms with Gasteiger partial charge in [0.2, 0.25) is 5.88 Å². The molecule has 0 spiro atoms. The van der Waals surface area contributed by atoms with Gasteiger partial charge in [0, 0.05) is 0 Å². The molecule has 0 saturated heterocycles. The maximum absolute atomic E-state index is 10.8. The number of aromatic amines is 1. The molecule has 1 aromatic rings. The SMILES string of the molecule is O=C(O)c1cn[nH]c1OCC1CCCCC1. The Morgan fingerprint density at radius 1 is 1.50 bits per heavy atom. The summed E-state index contributed by atoms with van der Waals surface area (Å²) >= 11 is 0. The van der Waals surface area contributed by atoms with Gasteiger partial charge in [0.1, 0.15) is 5.56 Å². The topological polar surface area (TPSA) is 75.2 Å². The number of nitrogens with zero attached hydrogens (tertiary/aromatic N) is 1. The van der Waals surface area contributed by atoms with Crippen LogP contribution in [-0.2, 0) is 0 Å². The van der Waals surface area contributed by atoms with Gasteiger partial charge in [-0.3, -0.25) is 0 Å². The first kappa shape index (κ1) is 11.0. The van der Waals surface area contributed by atoms with Crippen LogP contribution in [0, 0.1) is 5.92 Å². The van der Waals surface area contributed by atoms with E-state index in [1.54, 1.807) is 0 Å². The van der Waals surface area contributed by atoms with Crippen LogP contribution in [0.5, 0.6) is 5.88 Å². The van der Waals surface area contributed by atoms with Gasteiger partial charge in [-0.2, -0.15) is 5.10 Å². The lowest BCUT2D eigenvalue weighted by Gasteiger charge is -2.21. The highest BCUT2D eigenvalue weighted by Crippen LogP contribution is 2.24. The normalized spacial score (nSPS) is 17.2. The number of hydrogen-bond donors (Lipinski definition) is 2. The molecule has 88 valence electrons. The van der Waals surface area contributed by atoms with Gasteiger partial charge in [-0.05, 0) is 18.8 Å². The van der Waals surface area contributed by atoms with Gasteiger partial charge >= 0.3 is 5.97 Å². The van der Waals surface area contributed by atoms with E-state index in [0.29, 0.717) is 12.5 Å². The first-order valence-electron chi connectivity index (χ1n) is 5.67. The van der Waals surface area contributed by atoms with Crippen molar-refractivity contribution in [3.8, 4) is 5.88 Å². The fraction of sp³-hybridized carbons (Fsp3) is 0.636. The van der Waals surface area contributed by atoms with Crippen LogP contribution in [0.2, 0.25) is 0 Å². The minimum atomic E-state index is -1.01. The average molecular weight is 224 g/mol. The lowest BCUT2D eigenvalue weighted by Crippen LogP contribution is -2.16. The molecular weight excluding hydrogens is 208 g/mol. The van der Waals surface area contributed by atoms with Crippen molar-refractivity contribution in [3.63, 3.8) is 0 Å². The van der Waals surface area contributed by atoms with Gasteiger partial charge in [-0.15, -0.1) is 0 Å². The zero-order valence-corrected chi connectivity index (χ0v) is 9.11. The molecule has 1 aromatic heterocycles. The maximum atomic E-state index is 10.8. The first-order chi connectivity index (χ1) is 7.77. The molecule has 0 amide bonds. The monoisotopic (exact) mass is 224 g/mol. The highest BCUT2D eigenvalue weighted by Gasteiger charge is 2.17. The molecule has 1 aliphatic carbocycles. The van der Waals surface area contributed by atoms with Crippen molar-refractivity contribution in [2.24, 2.45) is 5.92 Å². The second-order valence-corrected chi connectivity index (χ2v) is 4.23. The Hall–Kier alpha value is -1.52. The molecule has 2 N–H and O–H groups in total. The van der Waals surface area contributed by atoms with E-state index in [9.17, 15) is 4.79 Å². The number of hydrogen-bond acceptors (Lipinski definition) is 3. The number of carboxylic acid groups (broad SMARTS) is 1. The van der Waals surface area contributed by atoms with Gasteiger partial charge in [0.15, 0.2) is 0 Å². The van der Waals surface area contributed by atoms with Crippen molar-refractivity contribution >= 4 is 5.97 Å². The molecule has 16 heavy (non-hydrogen) atoms. The van der Waals surface area contributed by atoms with Crippen molar-refractivity contribution in [2.45, 2.75) is 32.1 Å². The van der Waals surface area contributed by atoms with E-state index < -0.39 is 5.97 Å². The summed E-state index contributed by atoms with van der Waals surface area (Å²) in [4.78, 5) is 10.8. The van der Waals surface area contributed by atoms with Crippen LogP contribution < -0.4 is 4.74 Å². The van der Waals surface area contributed by atoms with Crippen molar-refractivity contribution in [2.75, 3.05) is 6.61 Å². The zero-order valence-electron chi connectivity index (χ0n) is 9.11. The molecule has 1 saturated carbocycles. The molecule has 1 aliphatic rings. The van der Waals surface area contributed by atoms with E-state index >= 15 is 0 Å². The number of aromatic nitrogens is 2. The van der Waals surface area contributed by atoms with Gasteiger partial charge < -0.3 is 9.84 Å². The van der Waals surface area contributed by atoms with Crippen LogP contribution >= 0.6 is 0 Å². The van der Waals surface area contributed by atoms with E-state index in [4.69, 9.17) is 9.84 Å². The third kappa shape index (κ3) is 2.53. The van der Waals surface area contributed by atoms with E-state index in [2.05, 4.69) is 10.2 Å². The van der Waals surface area contributed by atoms with Crippen molar-refractivity contribution in [1.82, 2.24) is 10.2 Å². The van der Waals surface area contributed by atoms with Gasteiger partial charge in [0.05, 0.1) is 12.8 Å². The third-order valence-corrected chi connectivity index (χ3v) is 3.02. The van der Waals surface area contributed by atoms with Crippen LogP contribution in [0.4, 0.5) is 0 Å². The summed E-state index contributed by atoms with van der Waals surface area (Å²) < 4.78 is 5.48. The summed E-state index contributed by atoms with van der Waals surface area (Å²) in [6, 6.07) is 0. The quantitative estimate of drug-likeness (QED) is 0.820. The molecule has 0 bridgehead atoms. The Bertz CT molecular complexity index is 356. The molecule has 0 aliphatic heterocycles. The van der Waals surface area contributed by atoms with Crippen molar-refractivity contribution in [1.29, 1.82) is 0 Å². The first-order valence-corrected chi connectivity index (χ1v) is 5.67. The minimum Gasteiger partial charge on any atom is -0.477 e. The number of nitrogens with one attached hydrogen (secondary N) is 1. The molecule has 0 atom stereocenters. The molecule has 1 fully saturated rings. The number of carbonyl (C=O) groups is 1. The van der Waals surface area contributed by atoms with E-state index in [-0.39, 0.29) is 11.4 Å². The van der Waals surface area contributed by atoms with Crippen molar-refractivity contribution in [3.05, 3.63) is 11.8 Å². The Kier molecular flexibility index (Phi) is 3.44. The summed E-state index contributed by atoms with van der Waals surface area (Å²) in [7, 11) is 0. The summed E-state index contributed by atoms with van der Waals surface area (Å²) in [6.45, 7) is 0.586.